The zero-order chi connectivity index (χ0) is 25.0. The normalized spacial score (nSPS) is 12.0. The van der Waals surface area contributed by atoms with E-state index in [2.05, 4.69) is 30.9 Å². The number of aromatic nitrogens is 2. The predicted molar refractivity (Wildman–Crippen MR) is 142 cm³/mol. The highest BCUT2D eigenvalue weighted by atomic mass is 32.2. The number of aliphatic carboxylic acids is 1. The maximum Gasteiger partial charge on any atom is 0.329 e. The Morgan fingerprint density at radius 3 is 2.20 bits per heavy atom. The number of thioether (sulfide) groups is 1. The average Bonchev–Trinajstić information content (AvgIpc) is 2.88. The number of nitrogens with zero attached hydrogens (tertiary/aromatic N) is 3. The summed E-state index contributed by atoms with van der Waals surface area (Å²) in [5.74, 6) is -0.166. The van der Waals surface area contributed by atoms with Gasteiger partial charge in [0, 0.05) is 30.1 Å². The Kier molecular flexibility index (Phi) is 10.5. The molecule has 0 aliphatic carbocycles. The van der Waals surface area contributed by atoms with Crippen LogP contribution in [-0.4, -0.2) is 65.1 Å². The summed E-state index contributed by atoms with van der Waals surface area (Å²) in [5.41, 5.74) is 3.68. The summed E-state index contributed by atoms with van der Waals surface area (Å²) in [6, 6.07) is 20.4. The standard InChI is InChI=1S/C27H33N3O4S/c1-20(2)30(15-17-34-25(35-3)14-16-33-19-24(31)32)23-18-28-26(21-10-6-4-7-11-21)27(29-23)22-12-8-5-9-13-22/h4-13,18,20,25H,14-17,19H2,1-3H3,(H,31,32). The van der Waals surface area contributed by atoms with Crippen molar-refractivity contribution in [1.82, 2.24) is 9.97 Å². The molecule has 1 heterocycles. The second kappa shape index (κ2) is 13.8. The molecule has 3 rings (SSSR count). The van der Waals surface area contributed by atoms with Gasteiger partial charge in [-0.2, -0.15) is 0 Å². The van der Waals surface area contributed by atoms with Gasteiger partial charge in [0.05, 0.1) is 30.8 Å². The molecule has 186 valence electrons. The number of anilines is 1. The quantitative estimate of drug-likeness (QED) is 0.241. The summed E-state index contributed by atoms with van der Waals surface area (Å²) in [6.45, 7) is 5.47. The van der Waals surface area contributed by atoms with Crippen LogP contribution < -0.4 is 4.90 Å². The lowest BCUT2D eigenvalue weighted by Crippen LogP contribution is -2.35. The number of carboxylic acid groups (broad SMARTS) is 1. The number of hydrogen-bond acceptors (Lipinski definition) is 7. The molecule has 35 heavy (non-hydrogen) atoms. The predicted octanol–water partition coefficient (Wildman–Crippen LogP) is 5.22. The van der Waals surface area contributed by atoms with Crippen LogP contribution in [0.4, 0.5) is 5.82 Å². The third kappa shape index (κ3) is 8.06. The number of carboxylic acids is 1. The fourth-order valence-electron chi connectivity index (χ4n) is 3.65. The van der Waals surface area contributed by atoms with Gasteiger partial charge in [0.15, 0.2) is 0 Å². The first-order chi connectivity index (χ1) is 17.0. The number of carbonyl (C=O) groups is 1. The van der Waals surface area contributed by atoms with E-state index >= 15 is 0 Å². The van der Waals surface area contributed by atoms with E-state index in [1.165, 1.54) is 0 Å². The van der Waals surface area contributed by atoms with Gasteiger partial charge in [-0.05, 0) is 20.1 Å². The first kappa shape index (κ1) is 26.7. The maximum atomic E-state index is 10.6. The summed E-state index contributed by atoms with van der Waals surface area (Å²) in [7, 11) is 0. The Morgan fingerprint density at radius 1 is 1.00 bits per heavy atom. The van der Waals surface area contributed by atoms with E-state index in [1.54, 1.807) is 11.8 Å². The van der Waals surface area contributed by atoms with Crippen LogP contribution in [0.5, 0.6) is 0 Å². The molecule has 0 spiro atoms. The highest BCUT2D eigenvalue weighted by molar-refractivity contribution is 7.99. The molecule has 2 aromatic carbocycles. The van der Waals surface area contributed by atoms with E-state index in [9.17, 15) is 4.79 Å². The van der Waals surface area contributed by atoms with E-state index in [0.29, 0.717) is 26.2 Å². The molecule has 0 saturated carbocycles. The number of hydrogen-bond donors (Lipinski definition) is 1. The number of rotatable bonds is 14. The van der Waals surface area contributed by atoms with E-state index in [1.807, 2.05) is 61.0 Å². The van der Waals surface area contributed by atoms with Crippen molar-refractivity contribution >= 4 is 23.5 Å². The van der Waals surface area contributed by atoms with Crippen molar-refractivity contribution in [3.8, 4) is 22.5 Å². The van der Waals surface area contributed by atoms with Crippen molar-refractivity contribution in [2.45, 2.75) is 31.7 Å². The van der Waals surface area contributed by atoms with E-state index in [-0.39, 0.29) is 18.1 Å². The third-order valence-corrected chi connectivity index (χ3v) is 6.29. The molecule has 0 bridgehead atoms. The Hall–Kier alpha value is -2.94. The van der Waals surface area contributed by atoms with Gasteiger partial charge in [-0.1, -0.05) is 60.7 Å². The lowest BCUT2D eigenvalue weighted by molar-refractivity contribution is -0.142. The number of ether oxygens (including phenoxy) is 2. The highest BCUT2D eigenvalue weighted by Gasteiger charge is 2.18. The van der Waals surface area contributed by atoms with Crippen LogP contribution in [0.2, 0.25) is 0 Å². The van der Waals surface area contributed by atoms with E-state index in [0.717, 1.165) is 28.3 Å². The molecule has 0 radical (unpaired) electrons. The molecule has 8 heteroatoms. The second-order valence-corrected chi connectivity index (χ2v) is 9.21. The summed E-state index contributed by atoms with van der Waals surface area (Å²) < 4.78 is 11.2. The van der Waals surface area contributed by atoms with Crippen LogP contribution in [-0.2, 0) is 14.3 Å². The zero-order valence-corrected chi connectivity index (χ0v) is 21.3. The lowest BCUT2D eigenvalue weighted by atomic mass is 10.0. The van der Waals surface area contributed by atoms with Gasteiger partial charge in [0.25, 0.3) is 0 Å². The topological polar surface area (TPSA) is 84.8 Å². The second-order valence-electron chi connectivity index (χ2n) is 8.22. The molecule has 0 aliphatic heterocycles. The van der Waals surface area contributed by atoms with Crippen LogP contribution >= 0.6 is 11.8 Å². The van der Waals surface area contributed by atoms with Gasteiger partial charge in [-0.25, -0.2) is 9.78 Å². The minimum Gasteiger partial charge on any atom is -0.480 e. The van der Waals surface area contributed by atoms with Gasteiger partial charge >= 0.3 is 5.97 Å². The third-order valence-electron chi connectivity index (χ3n) is 5.39. The molecule has 1 N–H and O–H groups in total. The maximum absolute atomic E-state index is 10.6. The van der Waals surface area contributed by atoms with Crippen molar-refractivity contribution in [3.63, 3.8) is 0 Å². The molecule has 7 nitrogen and oxygen atoms in total. The zero-order valence-electron chi connectivity index (χ0n) is 20.5. The van der Waals surface area contributed by atoms with Gasteiger partial charge in [0.2, 0.25) is 0 Å². The SMILES string of the molecule is CSC(CCOCC(=O)O)OCCN(c1cnc(-c2ccccc2)c(-c2ccccc2)n1)C(C)C. The molecule has 0 saturated heterocycles. The first-order valence-corrected chi connectivity index (χ1v) is 13.0. The van der Waals surface area contributed by atoms with Crippen molar-refractivity contribution in [2.24, 2.45) is 0 Å². The fraction of sp³-hybridized carbons (Fsp3) is 0.370. The molecule has 3 aromatic rings. The summed E-state index contributed by atoms with van der Waals surface area (Å²) in [6.07, 6.45) is 4.43. The van der Waals surface area contributed by atoms with Crippen molar-refractivity contribution in [2.75, 3.05) is 37.5 Å². The van der Waals surface area contributed by atoms with Crippen LogP contribution in [0.15, 0.2) is 66.9 Å². The monoisotopic (exact) mass is 495 g/mol. The van der Waals surface area contributed by atoms with Gasteiger partial charge in [-0.15, -0.1) is 11.8 Å². The average molecular weight is 496 g/mol. The van der Waals surface area contributed by atoms with E-state index < -0.39 is 5.97 Å². The summed E-state index contributed by atoms with van der Waals surface area (Å²) in [4.78, 5) is 22.7. The first-order valence-electron chi connectivity index (χ1n) is 11.7. The molecule has 1 unspecified atom stereocenters. The molecular formula is C27H33N3O4S. The van der Waals surface area contributed by atoms with Crippen LogP contribution in [0.1, 0.15) is 20.3 Å². The molecule has 0 fully saturated rings. The Bertz CT molecular complexity index is 1050. The largest absolute Gasteiger partial charge is 0.480 e. The number of benzene rings is 2. The molecule has 0 aliphatic rings. The van der Waals surface area contributed by atoms with Crippen molar-refractivity contribution < 1.29 is 19.4 Å². The lowest BCUT2D eigenvalue weighted by Gasteiger charge is -2.29. The smallest absolute Gasteiger partial charge is 0.329 e. The summed E-state index contributed by atoms with van der Waals surface area (Å²) in [5, 5.41) is 8.69. The minimum absolute atomic E-state index is 0.0655. The summed E-state index contributed by atoms with van der Waals surface area (Å²) >= 11 is 1.59. The minimum atomic E-state index is -0.964. The molecule has 1 aromatic heterocycles. The Morgan fingerprint density at radius 2 is 1.63 bits per heavy atom. The van der Waals surface area contributed by atoms with Crippen LogP contribution in [0.3, 0.4) is 0 Å². The van der Waals surface area contributed by atoms with Crippen molar-refractivity contribution in [1.29, 1.82) is 0 Å². The van der Waals surface area contributed by atoms with E-state index in [4.69, 9.17) is 24.5 Å². The van der Waals surface area contributed by atoms with Gasteiger partial charge in [-0.3, -0.25) is 4.98 Å². The van der Waals surface area contributed by atoms with Crippen molar-refractivity contribution in [3.05, 3.63) is 66.9 Å². The van der Waals surface area contributed by atoms with Gasteiger partial charge < -0.3 is 19.5 Å². The Labute approximate surface area is 211 Å². The Balaban J connectivity index is 1.75. The van der Waals surface area contributed by atoms with Gasteiger partial charge in [0.1, 0.15) is 17.9 Å². The van der Waals surface area contributed by atoms with Crippen LogP contribution in [0, 0.1) is 0 Å². The highest BCUT2D eigenvalue weighted by Crippen LogP contribution is 2.30. The molecular weight excluding hydrogens is 462 g/mol. The molecule has 1 atom stereocenters. The molecule has 0 amide bonds. The van der Waals surface area contributed by atoms with Crippen LogP contribution in [0.25, 0.3) is 22.5 Å². The fourth-order valence-corrected chi connectivity index (χ4v) is 4.22.